The van der Waals surface area contributed by atoms with Crippen molar-refractivity contribution in [2.24, 2.45) is 5.92 Å². The molecular weight excluding hydrogens is 274 g/mol. The lowest BCUT2D eigenvalue weighted by atomic mass is 10.1. The number of nitrogens with one attached hydrogen (secondary N) is 1. The second-order valence-electron chi connectivity index (χ2n) is 4.16. The highest BCUT2D eigenvalue weighted by Crippen LogP contribution is 2.25. The van der Waals surface area contributed by atoms with Gasteiger partial charge in [0.25, 0.3) is 0 Å². The molecule has 4 heteroatoms. The van der Waals surface area contributed by atoms with Crippen LogP contribution >= 0.6 is 27.3 Å². The third-order valence-corrected chi connectivity index (χ3v) is 4.85. The van der Waals surface area contributed by atoms with Crippen LogP contribution in [0.15, 0.2) is 15.9 Å². The van der Waals surface area contributed by atoms with Crippen LogP contribution in [0.25, 0.3) is 0 Å². The molecule has 2 atom stereocenters. The number of aliphatic hydroxyl groups is 1. The molecule has 84 valence electrons. The Hall–Kier alpha value is 0.100. The molecule has 0 aliphatic heterocycles. The van der Waals surface area contributed by atoms with Crippen molar-refractivity contribution in [3.63, 3.8) is 0 Å². The average Bonchev–Trinajstić information content (AvgIpc) is 2.77. The lowest BCUT2D eigenvalue weighted by Gasteiger charge is -2.10. The highest BCUT2D eigenvalue weighted by molar-refractivity contribution is 9.10. The fourth-order valence-corrected chi connectivity index (χ4v) is 3.54. The van der Waals surface area contributed by atoms with Gasteiger partial charge in [0.15, 0.2) is 0 Å². The molecule has 1 fully saturated rings. The topological polar surface area (TPSA) is 32.3 Å². The highest BCUT2D eigenvalue weighted by atomic mass is 79.9. The van der Waals surface area contributed by atoms with Crippen LogP contribution in [-0.4, -0.2) is 17.8 Å². The van der Waals surface area contributed by atoms with Crippen LogP contribution in [-0.2, 0) is 6.54 Å². The molecule has 15 heavy (non-hydrogen) atoms. The van der Waals surface area contributed by atoms with Crippen molar-refractivity contribution in [1.29, 1.82) is 0 Å². The van der Waals surface area contributed by atoms with Crippen LogP contribution in [0.4, 0.5) is 0 Å². The monoisotopic (exact) mass is 289 g/mol. The third-order valence-electron chi connectivity index (χ3n) is 2.92. The van der Waals surface area contributed by atoms with E-state index in [1.165, 1.54) is 15.8 Å². The number of aliphatic hydroxyl groups excluding tert-OH is 1. The molecule has 1 aliphatic rings. The smallest absolute Gasteiger partial charge is 0.0543 e. The van der Waals surface area contributed by atoms with E-state index in [-0.39, 0.29) is 6.10 Å². The SMILES string of the molecule is OC1CCC(CNCc2sccc2Br)C1. The maximum Gasteiger partial charge on any atom is 0.0543 e. The van der Waals surface area contributed by atoms with Gasteiger partial charge in [0.05, 0.1) is 6.10 Å². The maximum atomic E-state index is 9.39. The average molecular weight is 290 g/mol. The Morgan fingerprint density at radius 3 is 3.00 bits per heavy atom. The van der Waals surface area contributed by atoms with Crippen molar-refractivity contribution in [2.45, 2.75) is 31.9 Å². The molecule has 1 aliphatic carbocycles. The van der Waals surface area contributed by atoms with Crippen LogP contribution in [0.5, 0.6) is 0 Å². The zero-order valence-corrected chi connectivity index (χ0v) is 11.0. The summed E-state index contributed by atoms with van der Waals surface area (Å²) in [5.41, 5.74) is 0. The lowest BCUT2D eigenvalue weighted by molar-refractivity contribution is 0.177. The number of hydrogen-bond acceptors (Lipinski definition) is 3. The first kappa shape index (κ1) is 11.6. The van der Waals surface area contributed by atoms with E-state index >= 15 is 0 Å². The normalized spacial score (nSPS) is 26.0. The Balaban J connectivity index is 1.69. The minimum absolute atomic E-state index is 0.0507. The van der Waals surface area contributed by atoms with Gasteiger partial charge >= 0.3 is 0 Å². The van der Waals surface area contributed by atoms with Crippen LogP contribution in [0, 0.1) is 5.92 Å². The van der Waals surface area contributed by atoms with E-state index in [0.717, 1.165) is 25.9 Å². The van der Waals surface area contributed by atoms with Gasteiger partial charge in [-0.3, -0.25) is 0 Å². The van der Waals surface area contributed by atoms with E-state index < -0.39 is 0 Å². The Kier molecular flexibility index (Phi) is 4.20. The highest BCUT2D eigenvalue weighted by Gasteiger charge is 2.22. The molecule has 0 saturated heterocycles. The molecule has 0 spiro atoms. The molecular formula is C11H16BrNOS. The van der Waals surface area contributed by atoms with E-state index in [2.05, 4.69) is 32.7 Å². The van der Waals surface area contributed by atoms with Gasteiger partial charge in [0.2, 0.25) is 0 Å². The Labute approximate surface area is 103 Å². The minimum atomic E-state index is -0.0507. The van der Waals surface area contributed by atoms with Gasteiger partial charge in [-0.1, -0.05) is 0 Å². The number of hydrogen-bond donors (Lipinski definition) is 2. The number of rotatable bonds is 4. The van der Waals surface area contributed by atoms with E-state index in [1.54, 1.807) is 11.3 Å². The van der Waals surface area contributed by atoms with E-state index in [1.807, 2.05) is 0 Å². The molecule has 1 aromatic heterocycles. The van der Waals surface area contributed by atoms with E-state index in [4.69, 9.17) is 0 Å². The molecule has 1 heterocycles. The largest absolute Gasteiger partial charge is 0.393 e. The zero-order valence-electron chi connectivity index (χ0n) is 8.58. The molecule has 1 aromatic rings. The quantitative estimate of drug-likeness (QED) is 0.893. The van der Waals surface area contributed by atoms with Gasteiger partial charge < -0.3 is 10.4 Å². The van der Waals surface area contributed by atoms with Crippen LogP contribution in [0.1, 0.15) is 24.1 Å². The Morgan fingerprint density at radius 2 is 2.40 bits per heavy atom. The number of thiophene rings is 1. The second-order valence-corrected chi connectivity index (χ2v) is 6.01. The summed E-state index contributed by atoms with van der Waals surface area (Å²) in [6, 6.07) is 2.08. The summed E-state index contributed by atoms with van der Waals surface area (Å²) in [5.74, 6) is 0.665. The van der Waals surface area contributed by atoms with Gasteiger partial charge in [0, 0.05) is 15.9 Å². The fraction of sp³-hybridized carbons (Fsp3) is 0.636. The summed E-state index contributed by atoms with van der Waals surface area (Å²) in [7, 11) is 0. The first-order chi connectivity index (χ1) is 7.25. The standard InChI is InChI=1S/C11H16BrNOS/c12-10-3-4-15-11(10)7-13-6-8-1-2-9(14)5-8/h3-4,8-9,13-14H,1-2,5-7H2. The summed E-state index contributed by atoms with van der Waals surface area (Å²) in [4.78, 5) is 1.36. The fourth-order valence-electron chi connectivity index (χ4n) is 2.08. The molecule has 2 nitrogen and oxygen atoms in total. The Morgan fingerprint density at radius 1 is 1.53 bits per heavy atom. The zero-order chi connectivity index (χ0) is 10.7. The third kappa shape index (κ3) is 3.28. The molecule has 2 unspecified atom stereocenters. The van der Waals surface area contributed by atoms with E-state index in [0.29, 0.717) is 5.92 Å². The van der Waals surface area contributed by atoms with Crippen molar-refractivity contribution >= 4 is 27.3 Å². The molecule has 0 aromatic carbocycles. The van der Waals surface area contributed by atoms with Crippen LogP contribution < -0.4 is 5.32 Å². The van der Waals surface area contributed by atoms with Crippen LogP contribution in [0.3, 0.4) is 0 Å². The van der Waals surface area contributed by atoms with Crippen LogP contribution in [0.2, 0.25) is 0 Å². The summed E-state index contributed by atoms with van der Waals surface area (Å²) >= 11 is 5.29. The van der Waals surface area contributed by atoms with Gasteiger partial charge in [-0.2, -0.15) is 0 Å². The molecule has 2 rings (SSSR count). The van der Waals surface area contributed by atoms with Gasteiger partial charge in [0.1, 0.15) is 0 Å². The predicted octanol–water partition coefficient (Wildman–Crippen LogP) is 2.76. The summed E-state index contributed by atoms with van der Waals surface area (Å²) in [6.07, 6.45) is 3.07. The minimum Gasteiger partial charge on any atom is -0.393 e. The molecule has 0 bridgehead atoms. The summed E-state index contributed by atoms with van der Waals surface area (Å²) < 4.78 is 1.20. The Bertz CT molecular complexity index is 315. The number of halogens is 1. The van der Waals surface area contributed by atoms with Crippen molar-refractivity contribution in [2.75, 3.05) is 6.54 Å². The summed E-state index contributed by atoms with van der Waals surface area (Å²) in [5, 5.41) is 15.0. The van der Waals surface area contributed by atoms with Crippen molar-refractivity contribution in [3.8, 4) is 0 Å². The maximum absolute atomic E-state index is 9.39. The lowest BCUT2D eigenvalue weighted by Crippen LogP contribution is -2.21. The van der Waals surface area contributed by atoms with Gasteiger partial charge in [-0.15, -0.1) is 11.3 Å². The molecule has 0 amide bonds. The van der Waals surface area contributed by atoms with Crippen molar-refractivity contribution < 1.29 is 5.11 Å². The van der Waals surface area contributed by atoms with Crippen molar-refractivity contribution in [3.05, 3.63) is 20.8 Å². The van der Waals surface area contributed by atoms with Gasteiger partial charge in [-0.05, 0) is 59.1 Å². The molecule has 1 saturated carbocycles. The first-order valence-corrected chi connectivity index (χ1v) is 7.03. The summed E-state index contributed by atoms with van der Waals surface area (Å²) in [6.45, 7) is 1.96. The molecule has 0 radical (unpaired) electrons. The second kappa shape index (κ2) is 5.43. The molecule has 2 N–H and O–H groups in total. The first-order valence-electron chi connectivity index (χ1n) is 5.36. The van der Waals surface area contributed by atoms with E-state index in [9.17, 15) is 5.11 Å². The van der Waals surface area contributed by atoms with Gasteiger partial charge in [-0.25, -0.2) is 0 Å². The van der Waals surface area contributed by atoms with Crippen molar-refractivity contribution in [1.82, 2.24) is 5.32 Å². The predicted molar refractivity (Wildman–Crippen MR) is 67.1 cm³/mol.